The smallest absolute Gasteiger partial charge is 0.269 e. The van der Waals surface area contributed by atoms with Crippen LogP contribution in [0.25, 0.3) is 0 Å². The SMILES string of the molecule is O=C(Cc1ccc(Cl)cc1)NC(=S)NNC(=O)c1ccncc1. The Morgan fingerprint density at radius 2 is 1.70 bits per heavy atom. The molecule has 2 rings (SSSR count). The molecule has 0 spiro atoms. The number of benzene rings is 1. The van der Waals surface area contributed by atoms with Gasteiger partial charge in [0.05, 0.1) is 6.42 Å². The average Bonchev–Trinajstić information content (AvgIpc) is 2.55. The fourth-order valence-corrected chi connectivity index (χ4v) is 1.97. The number of hydrogen-bond donors (Lipinski definition) is 3. The van der Waals surface area contributed by atoms with Crippen molar-refractivity contribution < 1.29 is 9.59 Å². The van der Waals surface area contributed by atoms with E-state index in [0.717, 1.165) is 5.56 Å². The lowest BCUT2D eigenvalue weighted by molar-refractivity contribution is -0.119. The maximum Gasteiger partial charge on any atom is 0.269 e. The summed E-state index contributed by atoms with van der Waals surface area (Å²) < 4.78 is 0. The molecule has 0 aliphatic heterocycles. The molecule has 0 saturated carbocycles. The molecule has 0 aliphatic rings. The third-order valence-electron chi connectivity index (χ3n) is 2.76. The normalized spacial score (nSPS) is 9.78. The third-order valence-corrected chi connectivity index (χ3v) is 3.22. The maximum absolute atomic E-state index is 11.8. The van der Waals surface area contributed by atoms with E-state index in [0.29, 0.717) is 10.6 Å². The standard InChI is InChI=1S/C15H13ClN4O2S/c16-12-3-1-10(2-4-12)9-13(21)18-15(23)20-19-14(22)11-5-7-17-8-6-11/h1-8H,9H2,(H,19,22)(H2,18,20,21,23). The van der Waals surface area contributed by atoms with E-state index in [1.165, 1.54) is 12.4 Å². The van der Waals surface area contributed by atoms with E-state index in [1.54, 1.807) is 36.4 Å². The number of pyridine rings is 1. The number of hydrogen-bond acceptors (Lipinski definition) is 4. The second-order valence-corrected chi connectivity index (χ2v) is 5.34. The van der Waals surface area contributed by atoms with E-state index in [-0.39, 0.29) is 23.3 Å². The third kappa shape index (κ3) is 5.65. The van der Waals surface area contributed by atoms with Crippen molar-refractivity contribution in [1.82, 2.24) is 21.2 Å². The van der Waals surface area contributed by atoms with Gasteiger partial charge >= 0.3 is 0 Å². The van der Waals surface area contributed by atoms with Gasteiger partial charge in [0.2, 0.25) is 5.91 Å². The molecule has 0 saturated heterocycles. The van der Waals surface area contributed by atoms with E-state index < -0.39 is 0 Å². The first kappa shape index (κ1) is 16.9. The second-order valence-electron chi connectivity index (χ2n) is 4.50. The minimum atomic E-state index is -0.387. The van der Waals surface area contributed by atoms with Crippen LogP contribution >= 0.6 is 23.8 Å². The van der Waals surface area contributed by atoms with Gasteiger partial charge in [0.15, 0.2) is 5.11 Å². The van der Waals surface area contributed by atoms with Crippen LogP contribution < -0.4 is 16.2 Å². The summed E-state index contributed by atoms with van der Waals surface area (Å²) in [5.74, 6) is -0.690. The van der Waals surface area contributed by atoms with Gasteiger partial charge in [-0.25, -0.2) is 0 Å². The Bertz CT molecular complexity index is 707. The zero-order chi connectivity index (χ0) is 16.7. The van der Waals surface area contributed by atoms with Gasteiger partial charge in [-0.05, 0) is 42.0 Å². The molecule has 8 heteroatoms. The monoisotopic (exact) mass is 348 g/mol. The molecule has 3 N–H and O–H groups in total. The molecule has 0 unspecified atom stereocenters. The Hall–Kier alpha value is -2.51. The molecule has 23 heavy (non-hydrogen) atoms. The van der Waals surface area contributed by atoms with Gasteiger partial charge in [-0.3, -0.25) is 25.4 Å². The van der Waals surface area contributed by atoms with Crippen LogP contribution in [0.1, 0.15) is 15.9 Å². The minimum Gasteiger partial charge on any atom is -0.302 e. The van der Waals surface area contributed by atoms with Crippen molar-refractivity contribution in [3.05, 3.63) is 64.9 Å². The number of nitrogens with one attached hydrogen (secondary N) is 3. The first-order chi connectivity index (χ1) is 11.0. The summed E-state index contributed by atoms with van der Waals surface area (Å²) in [5, 5.41) is 3.08. The van der Waals surface area contributed by atoms with Crippen LogP contribution in [0.3, 0.4) is 0 Å². The molecule has 2 aromatic rings. The highest BCUT2D eigenvalue weighted by Crippen LogP contribution is 2.09. The van der Waals surface area contributed by atoms with Crippen molar-refractivity contribution >= 4 is 40.7 Å². The van der Waals surface area contributed by atoms with Crippen LogP contribution in [-0.4, -0.2) is 21.9 Å². The summed E-state index contributed by atoms with van der Waals surface area (Å²) in [7, 11) is 0. The molecule has 118 valence electrons. The maximum atomic E-state index is 11.8. The Kier molecular flexibility index (Phi) is 6.02. The molecular formula is C15H13ClN4O2S. The van der Waals surface area contributed by atoms with Crippen LogP contribution in [0.15, 0.2) is 48.8 Å². The summed E-state index contributed by atoms with van der Waals surface area (Å²) in [6.45, 7) is 0. The summed E-state index contributed by atoms with van der Waals surface area (Å²) in [4.78, 5) is 27.4. The topological polar surface area (TPSA) is 83.1 Å². The lowest BCUT2D eigenvalue weighted by Crippen LogP contribution is -2.48. The highest BCUT2D eigenvalue weighted by atomic mass is 35.5. The molecule has 0 radical (unpaired) electrons. The highest BCUT2D eigenvalue weighted by molar-refractivity contribution is 7.80. The van der Waals surface area contributed by atoms with Crippen molar-refractivity contribution in [2.75, 3.05) is 0 Å². The van der Waals surface area contributed by atoms with Gasteiger partial charge in [0.25, 0.3) is 5.91 Å². The van der Waals surface area contributed by atoms with Gasteiger partial charge in [-0.15, -0.1) is 0 Å². The number of thiocarbonyl (C=S) groups is 1. The molecule has 0 aliphatic carbocycles. The van der Waals surface area contributed by atoms with Crippen LogP contribution in [0.5, 0.6) is 0 Å². The fourth-order valence-electron chi connectivity index (χ4n) is 1.68. The number of carbonyl (C=O) groups is 2. The van der Waals surface area contributed by atoms with Crippen molar-refractivity contribution in [1.29, 1.82) is 0 Å². The Morgan fingerprint density at radius 3 is 2.35 bits per heavy atom. The number of amides is 2. The van der Waals surface area contributed by atoms with Crippen LogP contribution in [-0.2, 0) is 11.2 Å². The van der Waals surface area contributed by atoms with Crippen molar-refractivity contribution in [2.24, 2.45) is 0 Å². The van der Waals surface area contributed by atoms with E-state index in [4.69, 9.17) is 23.8 Å². The summed E-state index contributed by atoms with van der Waals surface area (Å²) in [6.07, 6.45) is 3.15. The first-order valence-electron chi connectivity index (χ1n) is 6.59. The van der Waals surface area contributed by atoms with Crippen molar-refractivity contribution in [2.45, 2.75) is 6.42 Å². The molecule has 1 heterocycles. The first-order valence-corrected chi connectivity index (χ1v) is 7.38. The Balaban J connectivity index is 1.77. The molecule has 0 bridgehead atoms. The lowest BCUT2D eigenvalue weighted by atomic mass is 10.1. The minimum absolute atomic E-state index is 0.00590. The van der Waals surface area contributed by atoms with Crippen molar-refractivity contribution in [3.8, 4) is 0 Å². The number of halogens is 1. The quantitative estimate of drug-likeness (QED) is 0.580. The van der Waals surface area contributed by atoms with Gasteiger partial charge < -0.3 is 5.32 Å². The molecule has 0 fully saturated rings. The van der Waals surface area contributed by atoms with Gasteiger partial charge in [-0.1, -0.05) is 23.7 Å². The van der Waals surface area contributed by atoms with Crippen LogP contribution in [0, 0.1) is 0 Å². The molecular weight excluding hydrogens is 336 g/mol. The van der Waals surface area contributed by atoms with Gasteiger partial charge in [-0.2, -0.15) is 0 Å². The van der Waals surface area contributed by atoms with E-state index in [9.17, 15) is 9.59 Å². The van der Waals surface area contributed by atoms with Crippen LogP contribution in [0.4, 0.5) is 0 Å². The number of rotatable bonds is 3. The predicted octanol–water partition coefficient (Wildman–Crippen LogP) is 1.61. The van der Waals surface area contributed by atoms with Crippen molar-refractivity contribution in [3.63, 3.8) is 0 Å². The number of hydrazine groups is 1. The zero-order valence-corrected chi connectivity index (χ0v) is 13.4. The summed E-state index contributed by atoms with van der Waals surface area (Å²) >= 11 is 10.7. The number of aromatic nitrogens is 1. The zero-order valence-electron chi connectivity index (χ0n) is 11.9. The van der Waals surface area contributed by atoms with Gasteiger partial charge in [0.1, 0.15) is 0 Å². The molecule has 2 amide bonds. The fraction of sp³-hybridized carbons (Fsp3) is 0.0667. The Morgan fingerprint density at radius 1 is 1.04 bits per heavy atom. The summed E-state index contributed by atoms with van der Waals surface area (Å²) in [6, 6.07) is 10.0. The van der Waals surface area contributed by atoms with E-state index in [1.807, 2.05) is 0 Å². The van der Waals surface area contributed by atoms with E-state index in [2.05, 4.69) is 21.2 Å². The molecule has 6 nitrogen and oxygen atoms in total. The largest absolute Gasteiger partial charge is 0.302 e. The second kappa shape index (κ2) is 8.21. The highest BCUT2D eigenvalue weighted by Gasteiger charge is 2.08. The molecule has 1 aromatic carbocycles. The molecule has 0 atom stereocenters. The Labute approximate surface area is 143 Å². The summed E-state index contributed by atoms with van der Waals surface area (Å²) in [5.41, 5.74) is 6.07. The lowest BCUT2D eigenvalue weighted by Gasteiger charge is -2.10. The average molecular weight is 349 g/mol. The number of nitrogens with zero attached hydrogens (tertiary/aromatic N) is 1. The van der Waals surface area contributed by atoms with E-state index >= 15 is 0 Å². The van der Waals surface area contributed by atoms with Crippen LogP contribution in [0.2, 0.25) is 5.02 Å². The molecule has 1 aromatic heterocycles. The predicted molar refractivity (Wildman–Crippen MR) is 90.7 cm³/mol. The number of carbonyl (C=O) groups excluding carboxylic acids is 2. The van der Waals surface area contributed by atoms with Gasteiger partial charge in [0, 0.05) is 23.0 Å².